The number of nitrogens with one attached hydrogen (secondary N) is 1. The van der Waals surface area contributed by atoms with Gasteiger partial charge in [0, 0.05) is 43.5 Å². The fraction of sp³-hybridized carbons (Fsp3) is 0.316. The predicted molar refractivity (Wildman–Crippen MR) is 108 cm³/mol. The number of benzene rings is 2. The molecule has 0 radical (unpaired) electrons. The average Bonchev–Trinajstić information content (AvgIpc) is 2.69. The molecule has 2 aromatic carbocycles. The van der Waals surface area contributed by atoms with Gasteiger partial charge in [0.25, 0.3) is 5.69 Å². The molecule has 0 aliphatic carbocycles. The summed E-state index contributed by atoms with van der Waals surface area (Å²) in [6.45, 7) is 2.63. The molecule has 2 aromatic rings. The number of nitrogens with zero attached hydrogens (tertiary/aromatic N) is 3. The molecule has 0 bridgehead atoms. The van der Waals surface area contributed by atoms with E-state index in [2.05, 4.69) is 5.32 Å². The number of halogens is 1. The van der Waals surface area contributed by atoms with Gasteiger partial charge in [0.05, 0.1) is 16.4 Å². The van der Waals surface area contributed by atoms with Gasteiger partial charge >= 0.3 is 0 Å². The smallest absolute Gasteiger partial charge is 0.274 e. The fourth-order valence-electron chi connectivity index (χ4n) is 3.19. The Morgan fingerprint density at radius 2 is 1.87 bits per heavy atom. The molecule has 0 unspecified atom stereocenters. The van der Waals surface area contributed by atoms with E-state index in [9.17, 15) is 27.7 Å². The van der Waals surface area contributed by atoms with Crippen LogP contribution in [0.2, 0.25) is 0 Å². The Kier molecular flexibility index (Phi) is 6.44. The number of anilines is 1. The van der Waals surface area contributed by atoms with Crippen molar-refractivity contribution in [1.29, 1.82) is 0 Å². The summed E-state index contributed by atoms with van der Waals surface area (Å²) < 4.78 is 39.9. The molecule has 9 nitrogen and oxygen atoms in total. The normalized spacial score (nSPS) is 15.7. The van der Waals surface area contributed by atoms with Crippen LogP contribution < -0.4 is 5.32 Å². The fourth-order valence-corrected chi connectivity index (χ4v) is 4.65. The number of hydrogen-bond donors (Lipinski definition) is 1. The summed E-state index contributed by atoms with van der Waals surface area (Å²) in [6.07, 6.45) is 0. The van der Waals surface area contributed by atoms with E-state index in [1.807, 2.05) is 0 Å². The molecule has 0 spiro atoms. The van der Waals surface area contributed by atoms with Crippen LogP contribution in [0.1, 0.15) is 5.56 Å². The number of carbonyl (C=O) groups excluding carboxylic acids is 1. The lowest BCUT2D eigenvalue weighted by Crippen LogP contribution is -2.50. The first-order valence-corrected chi connectivity index (χ1v) is 10.6. The number of carbonyl (C=O) groups is 1. The molecule has 160 valence electrons. The molecule has 1 fully saturated rings. The van der Waals surface area contributed by atoms with Crippen LogP contribution in [0.3, 0.4) is 0 Å². The largest absolute Gasteiger partial charge is 0.325 e. The van der Waals surface area contributed by atoms with Crippen LogP contribution in [-0.4, -0.2) is 61.2 Å². The minimum Gasteiger partial charge on any atom is -0.325 e. The van der Waals surface area contributed by atoms with Crippen molar-refractivity contribution >= 4 is 27.3 Å². The summed E-state index contributed by atoms with van der Waals surface area (Å²) in [7, 11) is -3.80. The van der Waals surface area contributed by atoms with Crippen molar-refractivity contribution in [2.75, 3.05) is 38.0 Å². The number of amides is 1. The highest BCUT2D eigenvalue weighted by Gasteiger charge is 2.29. The highest BCUT2D eigenvalue weighted by atomic mass is 32.2. The molecule has 1 amide bonds. The van der Waals surface area contributed by atoms with E-state index >= 15 is 0 Å². The molecular weight excluding hydrogens is 415 g/mol. The molecule has 1 heterocycles. The summed E-state index contributed by atoms with van der Waals surface area (Å²) >= 11 is 0. The first-order chi connectivity index (χ1) is 14.2. The Bertz CT molecular complexity index is 1070. The SMILES string of the molecule is Cc1ccc(NC(=O)CN2CCN(S(=O)(=O)c3cccc(F)c3)CC2)cc1[N+](=O)[O-]. The molecular formula is C19H21FN4O5S. The maximum absolute atomic E-state index is 13.4. The van der Waals surface area contributed by atoms with Crippen LogP contribution in [0, 0.1) is 22.9 Å². The molecule has 1 aliphatic rings. The van der Waals surface area contributed by atoms with E-state index in [1.54, 1.807) is 24.0 Å². The van der Waals surface area contributed by atoms with Crippen LogP contribution in [0.15, 0.2) is 47.4 Å². The van der Waals surface area contributed by atoms with Gasteiger partial charge in [0.1, 0.15) is 5.82 Å². The molecule has 1 N–H and O–H groups in total. The van der Waals surface area contributed by atoms with Crippen molar-refractivity contribution < 1.29 is 22.5 Å². The second-order valence-corrected chi connectivity index (χ2v) is 8.88. The number of sulfonamides is 1. The van der Waals surface area contributed by atoms with Gasteiger partial charge in [-0.1, -0.05) is 12.1 Å². The predicted octanol–water partition coefficient (Wildman–Crippen LogP) is 1.99. The van der Waals surface area contributed by atoms with Gasteiger partial charge in [-0.05, 0) is 31.2 Å². The summed E-state index contributed by atoms with van der Waals surface area (Å²) in [5.41, 5.74) is 0.738. The third-order valence-corrected chi connectivity index (χ3v) is 6.72. The monoisotopic (exact) mass is 436 g/mol. The Morgan fingerprint density at radius 3 is 2.50 bits per heavy atom. The van der Waals surface area contributed by atoms with Gasteiger partial charge in [-0.2, -0.15) is 4.31 Å². The second kappa shape index (κ2) is 8.86. The van der Waals surface area contributed by atoms with E-state index in [1.165, 1.54) is 28.6 Å². The third kappa shape index (κ3) is 4.99. The van der Waals surface area contributed by atoms with Crippen LogP contribution in [0.25, 0.3) is 0 Å². The zero-order valence-corrected chi connectivity index (χ0v) is 17.1. The molecule has 30 heavy (non-hydrogen) atoms. The first kappa shape index (κ1) is 21.8. The van der Waals surface area contributed by atoms with E-state index in [4.69, 9.17) is 0 Å². The highest BCUT2D eigenvalue weighted by Crippen LogP contribution is 2.22. The van der Waals surface area contributed by atoms with Crippen LogP contribution in [0.5, 0.6) is 0 Å². The summed E-state index contributed by atoms with van der Waals surface area (Å²) in [4.78, 5) is 24.5. The quantitative estimate of drug-likeness (QED) is 0.547. The highest BCUT2D eigenvalue weighted by molar-refractivity contribution is 7.89. The van der Waals surface area contributed by atoms with Gasteiger partial charge in [0.15, 0.2) is 0 Å². The zero-order chi connectivity index (χ0) is 21.9. The maximum Gasteiger partial charge on any atom is 0.274 e. The number of rotatable bonds is 6. The van der Waals surface area contributed by atoms with E-state index < -0.39 is 20.8 Å². The molecule has 1 aliphatic heterocycles. The summed E-state index contributed by atoms with van der Waals surface area (Å²) in [6, 6.07) is 9.30. The Balaban J connectivity index is 1.56. The number of hydrogen-bond acceptors (Lipinski definition) is 6. The van der Waals surface area contributed by atoms with Gasteiger partial charge in [-0.15, -0.1) is 0 Å². The number of nitro groups is 1. The second-order valence-electron chi connectivity index (χ2n) is 6.94. The van der Waals surface area contributed by atoms with Crippen molar-refractivity contribution in [2.24, 2.45) is 0 Å². The molecule has 0 aromatic heterocycles. The van der Waals surface area contributed by atoms with E-state index in [0.717, 1.165) is 6.07 Å². The van der Waals surface area contributed by atoms with Crippen molar-refractivity contribution in [3.63, 3.8) is 0 Å². The zero-order valence-electron chi connectivity index (χ0n) is 16.2. The summed E-state index contributed by atoms with van der Waals surface area (Å²) in [5.74, 6) is -0.975. The van der Waals surface area contributed by atoms with Crippen molar-refractivity contribution in [3.8, 4) is 0 Å². The van der Waals surface area contributed by atoms with Gasteiger partial charge in [0.2, 0.25) is 15.9 Å². The lowest BCUT2D eigenvalue weighted by atomic mass is 10.2. The minimum atomic E-state index is -3.80. The minimum absolute atomic E-state index is 0.0233. The topological polar surface area (TPSA) is 113 Å². The van der Waals surface area contributed by atoms with Crippen molar-refractivity contribution in [1.82, 2.24) is 9.21 Å². The molecule has 0 saturated carbocycles. The lowest BCUT2D eigenvalue weighted by molar-refractivity contribution is -0.385. The lowest BCUT2D eigenvalue weighted by Gasteiger charge is -2.33. The van der Waals surface area contributed by atoms with Crippen molar-refractivity contribution in [3.05, 3.63) is 64.0 Å². The molecule has 0 atom stereocenters. The number of aryl methyl sites for hydroxylation is 1. The van der Waals surface area contributed by atoms with Gasteiger partial charge < -0.3 is 5.32 Å². The number of nitro benzene ring substituents is 1. The van der Waals surface area contributed by atoms with Crippen LogP contribution >= 0.6 is 0 Å². The number of piperazine rings is 1. The Hall–Kier alpha value is -2.89. The standard InChI is InChI=1S/C19H21FN4O5S/c1-14-5-6-16(12-18(14)24(26)27)21-19(25)13-22-7-9-23(10-8-22)30(28,29)17-4-2-3-15(20)11-17/h2-6,11-12H,7-10,13H2,1H3,(H,21,25). The van der Waals surface area contributed by atoms with Crippen LogP contribution in [0.4, 0.5) is 15.8 Å². The molecule has 3 rings (SSSR count). The maximum atomic E-state index is 13.4. The molecule has 11 heteroatoms. The van der Waals surface area contributed by atoms with E-state index in [-0.39, 0.29) is 36.1 Å². The molecule has 1 saturated heterocycles. The van der Waals surface area contributed by atoms with Crippen molar-refractivity contribution in [2.45, 2.75) is 11.8 Å². The van der Waals surface area contributed by atoms with E-state index in [0.29, 0.717) is 24.3 Å². The van der Waals surface area contributed by atoms with Gasteiger partial charge in [-0.3, -0.25) is 19.8 Å². The van der Waals surface area contributed by atoms with Gasteiger partial charge in [-0.25, -0.2) is 12.8 Å². The third-order valence-electron chi connectivity index (χ3n) is 4.82. The summed E-state index contributed by atoms with van der Waals surface area (Å²) in [5, 5.41) is 13.6. The Morgan fingerprint density at radius 1 is 1.17 bits per heavy atom. The van der Waals surface area contributed by atoms with Crippen LogP contribution in [-0.2, 0) is 14.8 Å². The first-order valence-electron chi connectivity index (χ1n) is 9.20. The Labute approximate surface area is 173 Å². The average molecular weight is 436 g/mol.